The molecule has 0 saturated carbocycles. The highest BCUT2D eigenvalue weighted by Gasteiger charge is 2.29. The average Bonchev–Trinajstić information content (AvgIpc) is 2.98. The van der Waals surface area contributed by atoms with Crippen LogP contribution in [0.25, 0.3) is 0 Å². The predicted molar refractivity (Wildman–Crippen MR) is 163 cm³/mol. The molecule has 250 valence electrons. The predicted octanol–water partition coefficient (Wildman–Crippen LogP) is 0.793. The number of primary amides is 1. The van der Waals surface area contributed by atoms with Crippen molar-refractivity contribution in [1.82, 2.24) is 20.9 Å². The molecular weight excluding hydrogens is 590 g/mol. The number of benzene rings is 1. The summed E-state index contributed by atoms with van der Waals surface area (Å²) in [6.45, 7) is 6.87. The van der Waals surface area contributed by atoms with Crippen LogP contribution in [0.3, 0.4) is 0 Å². The van der Waals surface area contributed by atoms with Gasteiger partial charge in [-0.3, -0.25) is 19.2 Å². The van der Waals surface area contributed by atoms with Crippen LogP contribution < -0.4 is 32.8 Å². The van der Waals surface area contributed by atoms with Crippen molar-refractivity contribution in [3.05, 3.63) is 29.8 Å². The molecule has 45 heavy (non-hydrogen) atoms. The average molecular weight is 636 g/mol. The van der Waals surface area contributed by atoms with Crippen LogP contribution in [-0.4, -0.2) is 86.1 Å². The van der Waals surface area contributed by atoms with Crippen molar-refractivity contribution >= 4 is 41.5 Å². The van der Waals surface area contributed by atoms with Gasteiger partial charge in [-0.05, 0) is 36.5 Å². The lowest BCUT2D eigenvalue weighted by Crippen LogP contribution is -2.55. The van der Waals surface area contributed by atoms with Crippen molar-refractivity contribution in [2.75, 3.05) is 38.6 Å². The second kappa shape index (κ2) is 20.1. The highest BCUT2D eigenvalue weighted by molar-refractivity contribution is 5.98. The summed E-state index contributed by atoms with van der Waals surface area (Å²) in [7, 11) is 1.52. The van der Waals surface area contributed by atoms with Crippen molar-refractivity contribution in [3.63, 3.8) is 0 Å². The van der Waals surface area contributed by atoms with Crippen LogP contribution >= 0.6 is 0 Å². The van der Waals surface area contributed by atoms with Crippen LogP contribution in [-0.2, 0) is 35.3 Å². The van der Waals surface area contributed by atoms with Crippen LogP contribution in [0, 0.1) is 11.8 Å². The Hall–Kier alpha value is -4.96. The van der Waals surface area contributed by atoms with E-state index in [2.05, 4.69) is 31.6 Å². The fourth-order valence-electron chi connectivity index (χ4n) is 3.62. The molecule has 0 aliphatic rings. The van der Waals surface area contributed by atoms with E-state index in [1.807, 2.05) is 0 Å². The topological polar surface area (TPSA) is 249 Å². The summed E-state index contributed by atoms with van der Waals surface area (Å²) in [4.78, 5) is 74.5. The van der Waals surface area contributed by atoms with Crippen molar-refractivity contribution in [3.8, 4) is 0 Å². The van der Waals surface area contributed by atoms with Gasteiger partial charge in [-0.2, -0.15) is 5.11 Å². The zero-order valence-corrected chi connectivity index (χ0v) is 26.3. The maximum Gasteiger partial charge on any atom is 0.409 e. The minimum atomic E-state index is -1.02. The molecule has 0 aromatic heterocycles. The van der Waals surface area contributed by atoms with Crippen molar-refractivity contribution in [1.29, 1.82) is 0 Å². The molecule has 0 fully saturated rings. The summed E-state index contributed by atoms with van der Waals surface area (Å²) < 4.78 is 10.3. The third kappa shape index (κ3) is 15.4. The molecule has 17 heteroatoms. The van der Waals surface area contributed by atoms with Crippen LogP contribution in [0.1, 0.15) is 46.1 Å². The monoisotopic (exact) mass is 635 g/mol. The maximum absolute atomic E-state index is 13.2. The molecule has 0 unspecified atom stereocenters. The lowest BCUT2D eigenvalue weighted by atomic mass is 10.0. The number of hydrogen-bond donors (Lipinski definition) is 6. The summed E-state index contributed by atoms with van der Waals surface area (Å²) in [6.07, 6.45) is -0.136. The van der Waals surface area contributed by atoms with Crippen LogP contribution in [0.15, 0.2) is 34.6 Å². The lowest BCUT2D eigenvalue weighted by Gasteiger charge is -2.25. The van der Waals surface area contributed by atoms with E-state index in [0.717, 1.165) is 0 Å². The van der Waals surface area contributed by atoms with Gasteiger partial charge in [-0.15, -0.1) is 0 Å². The van der Waals surface area contributed by atoms with Crippen LogP contribution in [0.4, 0.5) is 15.3 Å². The maximum atomic E-state index is 13.2. The Balaban J connectivity index is 2.81. The van der Waals surface area contributed by atoms with Gasteiger partial charge in [0.15, 0.2) is 0 Å². The quantitative estimate of drug-likeness (QED) is 0.0438. The Bertz CT molecular complexity index is 1180. The zero-order valence-electron chi connectivity index (χ0n) is 26.3. The molecular formula is C28H45N9O8. The lowest BCUT2D eigenvalue weighted by molar-refractivity contribution is -0.147. The smallest absolute Gasteiger partial charge is 0.409 e. The number of anilines is 1. The van der Waals surface area contributed by atoms with E-state index < -0.39 is 41.9 Å². The minimum absolute atomic E-state index is 0.0380. The minimum Gasteiger partial charge on any atom is -0.464 e. The molecule has 0 radical (unpaired) electrons. The van der Waals surface area contributed by atoms with Gasteiger partial charge in [-0.1, -0.05) is 45.1 Å². The number of rotatable bonds is 18. The molecule has 0 aliphatic carbocycles. The van der Waals surface area contributed by atoms with Gasteiger partial charge in [0, 0.05) is 19.3 Å². The molecule has 0 saturated heterocycles. The second-order valence-electron chi connectivity index (χ2n) is 10.7. The van der Waals surface area contributed by atoms with Gasteiger partial charge < -0.3 is 47.2 Å². The van der Waals surface area contributed by atoms with Crippen molar-refractivity contribution < 1.29 is 38.2 Å². The number of nitrogens with one attached hydrogen (secondary N) is 4. The number of nitrogens with two attached hydrogens (primary N) is 2. The van der Waals surface area contributed by atoms with E-state index in [0.29, 0.717) is 17.7 Å². The van der Waals surface area contributed by atoms with Gasteiger partial charge in [0.1, 0.15) is 31.8 Å². The number of amides is 6. The fourth-order valence-corrected chi connectivity index (χ4v) is 3.62. The van der Waals surface area contributed by atoms with E-state index in [-0.39, 0.29) is 57.1 Å². The number of nitrogens with zero attached hydrogens (tertiary/aromatic N) is 3. The van der Waals surface area contributed by atoms with Gasteiger partial charge >= 0.3 is 18.1 Å². The molecule has 2 atom stereocenters. The van der Waals surface area contributed by atoms with E-state index in [1.54, 1.807) is 52.0 Å². The first-order valence-corrected chi connectivity index (χ1v) is 14.4. The van der Waals surface area contributed by atoms with E-state index in [1.165, 1.54) is 11.9 Å². The molecule has 0 aliphatic heterocycles. The summed E-state index contributed by atoms with van der Waals surface area (Å²) in [5, 5.41) is 16.8. The van der Waals surface area contributed by atoms with Gasteiger partial charge in [0.05, 0.1) is 12.5 Å². The van der Waals surface area contributed by atoms with E-state index in [9.17, 15) is 28.8 Å². The molecule has 0 spiro atoms. The number of hydrogen-bond acceptors (Lipinski definition) is 10. The number of esters is 1. The van der Waals surface area contributed by atoms with Gasteiger partial charge in [0.25, 0.3) is 0 Å². The van der Waals surface area contributed by atoms with E-state index in [4.69, 9.17) is 21.1 Å². The summed E-state index contributed by atoms with van der Waals surface area (Å²) in [5.41, 5.74) is 6.16. The Morgan fingerprint density at radius 3 is 2.20 bits per heavy atom. The van der Waals surface area contributed by atoms with Crippen molar-refractivity contribution in [2.24, 2.45) is 33.7 Å². The Morgan fingerprint density at radius 2 is 1.62 bits per heavy atom. The number of carbonyl (C=O) groups is 6. The van der Waals surface area contributed by atoms with Gasteiger partial charge in [-0.25, -0.2) is 9.59 Å². The van der Waals surface area contributed by atoms with Crippen LogP contribution in [0.2, 0.25) is 0 Å². The molecule has 6 amide bonds. The summed E-state index contributed by atoms with van der Waals surface area (Å²) in [5.74, 6) is 2.29. The standard InChI is InChI=1S/C28H45N9O8/c1-17(2)23(35-22(38)15-32-36-30)25(40)34-21(7-6-12-31-27(29)42)24(39)33-20-10-8-19(9-11-20)16-45-28(43)37(5)13-14-44-26(41)18(3)4/h8-11,17-18,21,23H,6-7,12-16H2,1-5H3,(H2,30,32)(H,33,39)(H,34,40)(H,35,38)(H3,29,31,42)/t21-,23-/m0/s1. The number of carbonyl (C=O) groups excluding carboxylic acids is 6. The van der Waals surface area contributed by atoms with Crippen molar-refractivity contribution in [2.45, 2.75) is 59.2 Å². The van der Waals surface area contributed by atoms with Gasteiger partial charge in [0.2, 0.25) is 17.7 Å². The molecule has 8 N–H and O–H groups in total. The Labute approximate surface area is 262 Å². The highest BCUT2D eigenvalue weighted by Crippen LogP contribution is 2.13. The third-order valence-electron chi connectivity index (χ3n) is 6.20. The highest BCUT2D eigenvalue weighted by atomic mass is 16.6. The summed E-state index contributed by atoms with van der Waals surface area (Å²) in [6, 6.07) is 3.80. The molecule has 0 bridgehead atoms. The van der Waals surface area contributed by atoms with E-state index >= 15 is 0 Å². The molecule has 17 nitrogen and oxygen atoms in total. The molecule has 1 rings (SSSR count). The first-order valence-electron chi connectivity index (χ1n) is 14.4. The first kappa shape index (κ1) is 38.1. The molecule has 1 aromatic carbocycles. The molecule has 1 aromatic rings. The second-order valence-corrected chi connectivity index (χ2v) is 10.7. The number of ether oxygens (including phenoxy) is 2. The summed E-state index contributed by atoms with van der Waals surface area (Å²) >= 11 is 0. The first-order chi connectivity index (χ1) is 21.2. The fraction of sp³-hybridized carbons (Fsp3) is 0.571. The van der Waals surface area contributed by atoms with Crippen LogP contribution in [0.5, 0.6) is 0 Å². The zero-order chi connectivity index (χ0) is 33.9. The Kier molecular flexibility index (Phi) is 17.0. The number of urea groups is 1. The number of likely N-dealkylation sites (N-methyl/N-ethyl adjacent to an activating group) is 1. The Morgan fingerprint density at radius 1 is 0.956 bits per heavy atom. The molecule has 0 heterocycles. The SMILES string of the molecule is CC(C)C(=O)OCCN(C)C(=O)OCc1ccc(NC(=O)[C@H](CCCNC(N)=O)NC(=O)[C@@H](NC(=O)CN=NN)C(C)C)cc1. The third-order valence-corrected chi connectivity index (χ3v) is 6.20. The largest absolute Gasteiger partial charge is 0.464 e. The normalized spacial score (nSPS) is 12.2.